The Labute approximate surface area is 184 Å². The molecule has 3 rings (SSSR count). The van der Waals surface area contributed by atoms with E-state index in [1.165, 1.54) is 13.0 Å². The lowest BCUT2D eigenvalue weighted by molar-refractivity contribution is -0.146. The Morgan fingerprint density at radius 3 is 2.53 bits per heavy atom. The molecule has 32 heavy (non-hydrogen) atoms. The molecular weight excluding hydrogens is 426 g/mol. The van der Waals surface area contributed by atoms with Crippen LogP contribution in [0.4, 0.5) is 8.78 Å². The van der Waals surface area contributed by atoms with Crippen molar-refractivity contribution in [3.63, 3.8) is 0 Å². The quantitative estimate of drug-likeness (QED) is 0.600. The summed E-state index contributed by atoms with van der Waals surface area (Å²) in [5, 5.41) is 18.9. The number of nitrogens with zero attached hydrogens (tertiary/aromatic N) is 2. The van der Waals surface area contributed by atoms with Gasteiger partial charge in [0.1, 0.15) is 12.2 Å². The van der Waals surface area contributed by atoms with E-state index in [-0.39, 0.29) is 36.2 Å². The molecule has 2 fully saturated rings. The summed E-state index contributed by atoms with van der Waals surface area (Å²) in [5.74, 6) is -1.33. The Hall–Kier alpha value is -2.93. The molecule has 1 aromatic carbocycles. The van der Waals surface area contributed by atoms with Gasteiger partial charge < -0.3 is 19.3 Å². The summed E-state index contributed by atoms with van der Waals surface area (Å²) in [5.41, 5.74) is -0.270. The molecule has 8 nitrogen and oxygen atoms in total. The largest absolute Gasteiger partial charge is 0.486 e. The molecule has 1 N–H and O–H groups in total. The molecule has 174 valence electrons. The van der Waals surface area contributed by atoms with Gasteiger partial charge in [0, 0.05) is 26.4 Å². The van der Waals surface area contributed by atoms with E-state index >= 15 is 0 Å². The van der Waals surface area contributed by atoms with Gasteiger partial charge in [-0.05, 0) is 43.4 Å². The smallest absolute Gasteiger partial charge is 0.387 e. The van der Waals surface area contributed by atoms with Crippen molar-refractivity contribution in [1.29, 1.82) is 5.26 Å². The van der Waals surface area contributed by atoms with Crippen LogP contribution < -0.4 is 9.47 Å². The fourth-order valence-electron chi connectivity index (χ4n) is 4.37. The van der Waals surface area contributed by atoms with Crippen molar-refractivity contribution < 1.29 is 37.7 Å². The number of esters is 1. The maximum atomic E-state index is 12.9. The number of carboxylic acids is 1. The van der Waals surface area contributed by atoms with Gasteiger partial charge >= 0.3 is 18.6 Å². The predicted octanol–water partition coefficient (Wildman–Crippen LogP) is 3.09. The predicted molar refractivity (Wildman–Crippen MR) is 107 cm³/mol. The highest BCUT2D eigenvalue weighted by atomic mass is 19.3. The van der Waals surface area contributed by atoms with Crippen LogP contribution in [0.25, 0.3) is 0 Å². The van der Waals surface area contributed by atoms with Gasteiger partial charge in [0.05, 0.1) is 18.0 Å². The third kappa shape index (κ3) is 5.85. The van der Waals surface area contributed by atoms with Crippen molar-refractivity contribution in [2.24, 2.45) is 0 Å². The fourth-order valence-corrected chi connectivity index (χ4v) is 4.37. The van der Waals surface area contributed by atoms with Gasteiger partial charge in [-0.25, -0.2) is 0 Å². The van der Waals surface area contributed by atoms with Crippen LogP contribution in [0.2, 0.25) is 0 Å². The summed E-state index contributed by atoms with van der Waals surface area (Å²) in [4.78, 5) is 23.9. The van der Waals surface area contributed by atoms with Crippen LogP contribution in [0.1, 0.15) is 44.6 Å². The highest BCUT2D eigenvalue weighted by Gasteiger charge is 2.38. The maximum Gasteiger partial charge on any atom is 0.387 e. The standard InChI is InChI=1S/C22H26F2N2O6/c1-14(27)30-16-3-4-17(11-16)31-19-10-15(2-5-18(19)32-21(23)24)22(13-25)6-8-26(9-7-22)12-20(28)29/h2,5,10,16-17,21H,3-4,6-9,11-12H2,1H3,(H,28,29). The fraction of sp³-hybridized carbons (Fsp3) is 0.591. The third-order valence-corrected chi connectivity index (χ3v) is 5.96. The van der Waals surface area contributed by atoms with Gasteiger partial charge in [0.15, 0.2) is 11.5 Å². The molecule has 2 atom stereocenters. The van der Waals surface area contributed by atoms with E-state index < -0.39 is 18.0 Å². The molecule has 1 saturated heterocycles. The summed E-state index contributed by atoms with van der Waals surface area (Å²) in [6.45, 7) is -0.946. The van der Waals surface area contributed by atoms with Crippen LogP contribution in [-0.2, 0) is 19.7 Å². The zero-order chi connectivity index (χ0) is 23.3. The normalized spacial score (nSPS) is 22.8. The van der Waals surface area contributed by atoms with E-state index in [1.807, 2.05) is 0 Å². The second kappa shape index (κ2) is 10.1. The molecular formula is C22H26F2N2O6. The first-order valence-electron chi connectivity index (χ1n) is 10.5. The summed E-state index contributed by atoms with van der Waals surface area (Å²) in [6.07, 6.45) is 1.81. The van der Waals surface area contributed by atoms with Crippen molar-refractivity contribution >= 4 is 11.9 Å². The van der Waals surface area contributed by atoms with Crippen molar-refractivity contribution in [2.45, 2.75) is 63.3 Å². The zero-order valence-corrected chi connectivity index (χ0v) is 17.8. The molecule has 0 radical (unpaired) electrons. The first-order valence-corrected chi connectivity index (χ1v) is 10.5. The minimum Gasteiger partial charge on any atom is -0.486 e. The number of halogens is 2. The van der Waals surface area contributed by atoms with Crippen molar-refractivity contribution in [2.75, 3.05) is 19.6 Å². The lowest BCUT2D eigenvalue weighted by Crippen LogP contribution is -2.43. The van der Waals surface area contributed by atoms with E-state index in [4.69, 9.17) is 14.6 Å². The van der Waals surface area contributed by atoms with Crippen LogP contribution >= 0.6 is 0 Å². The Bertz CT molecular complexity index is 880. The van der Waals surface area contributed by atoms with E-state index in [2.05, 4.69) is 10.8 Å². The number of carbonyl (C=O) groups is 2. The minimum absolute atomic E-state index is 0.0950. The van der Waals surface area contributed by atoms with Gasteiger partial charge in [-0.1, -0.05) is 6.07 Å². The summed E-state index contributed by atoms with van der Waals surface area (Å²) in [6, 6.07) is 6.86. The van der Waals surface area contributed by atoms with Crippen molar-refractivity contribution in [3.05, 3.63) is 23.8 Å². The van der Waals surface area contributed by atoms with E-state index in [0.29, 0.717) is 50.8 Å². The third-order valence-electron chi connectivity index (χ3n) is 5.96. The van der Waals surface area contributed by atoms with E-state index in [1.54, 1.807) is 17.0 Å². The lowest BCUT2D eigenvalue weighted by Gasteiger charge is -2.37. The Balaban J connectivity index is 1.80. The number of likely N-dealkylation sites (tertiary alicyclic amines) is 1. The average molecular weight is 452 g/mol. The molecule has 10 heteroatoms. The molecule has 1 aliphatic heterocycles. The SMILES string of the molecule is CC(=O)OC1CCC(Oc2cc(C3(C#N)CCN(CC(=O)O)CC3)ccc2OC(F)F)C1. The van der Waals surface area contributed by atoms with Crippen LogP contribution in [0, 0.1) is 11.3 Å². The molecule has 1 aliphatic carbocycles. The molecule has 0 aromatic heterocycles. The first kappa shape index (κ1) is 23.7. The topological polar surface area (TPSA) is 109 Å². The van der Waals surface area contributed by atoms with Crippen LogP contribution in [0.15, 0.2) is 18.2 Å². The Morgan fingerprint density at radius 1 is 1.25 bits per heavy atom. The van der Waals surface area contributed by atoms with Gasteiger partial charge in [0.25, 0.3) is 0 Å². The van der Waals surface area contributed by atoms with Gasteiger partial charge in [-0.3, -0.25) is 14.5 Å². The zero-order valence-electron chi connectivity index (χ0n) is 17.8. The van der Waals surface area contributed by atoms with Crippen LogP contribution in [0.3, 0.4) is 0 Å². The van der Waals surface area contributed by atoms with E-state index in [9.17, 15) is 23.6 Å². The molecule has 0 spiro atoms. The lowest BCUT2D eigenvalue weighted by atomic mass is 9.74. The number of rotatable bonds is 8. The number of alkyl halides is 2. The summed E-state index contributed by atoms with van der Waals surface area (Å²) < 4.78 is 41.6. The molecule has 0 amide bonds. The van der Waals surface area contributed by atoms with Gasteiger partial charge in [-0.15, -0.1) is 0 Å². The number of carboxylic acid groups (broad SMARTS) is 1. The van der Waals surface area contributed by atoms with Gasteiger partial charge in [0.2, 0.25) is 0 Å². The Kier molecular flexibility index (Phi) is 7.51. The second-order valence-corrected chi connectivity index (χ2v) is 8.19. The molecule has 1 aromatic rings. The monoisotopic (exact) mass is 452 g/mol. The number of piperidine rings is 1. The molecule has 2 aliphatic rings. The second-order valence-electron chi connectivity index (χ2n) is 8.19. The highest BCUT2D eigenvalue weighted by Crippen LogP contribution is 2.41. The van der Waals surface area contributed by atoms with Gasteiger partial charge in [-0.2, -0.15) is 14.0 Å². The maximum absolute atomic E-state index is 12.9. The molecule has 2 unspecified atom stereocenters. The van der Waals surface area contributed by atoms with Crippen molar-refractivity contribution in [3.8, 4) is 17.6 Å². The summed E-state index contributed by atoms with van der Waals surface area (Å²) in [7, 11) is 0. The van der Waals surface area contributed by atoms with Crippen LogP contribution in [-0.4, -0.2) is 60.4 Å². The van der Waals surface area contributed by atoms with Crippen LogP contribution in [0.5, 0.6) is 11.5 Å². The highest BCUT2D eigenvalue weighted by molar-refractivity contribution is 5.69. The Morgan fingerprint density at radius 2 is 1.94 bits per heavy atom. The number of benzene rings is 1. The summed E-state index contributed by atoms with van der Waals surface area (Å²) >= 11 is 0. The average Bonchev–Trinajstić information content (AvgIpc) is 3.15. The number of carbonyl (C=O) groups excluding carboxylic acids is 1. The number of ether oxygens (including phenoxy) is 3. The minimum atomic E-state index is -3.04. The number of hydrogen-bond acceptors (Lipinski definition) is 7. The number of nitriles is 1. The van der Waals surface area contributed by atoms with E-state index in [0.717, 1.165) is 0 Å². The first-order chi connectivity index (χ1) is 15.2. The van der Waals surface area contributed by atoms with Crippen molar-refractivity contribution in [1.82, 2.24) is 4.90 Å². The molecule has 1 heterocycles. The number of hydrogen-bond donors (Lipinski definition) is 1. The molecule has 1 saturated carbocycles. The number of aliphatic carboxylic acids is 1. The molecule has 0 bridgehead atoms.